The second-order valence-electron chi connectivity index (χ2n) is 4.54. The number of ether oxygens (including phenoxy) is 2. The highest BCUT2D eigenvalue weighted by molar-refractivity contribution is 6.31. The summed E-state index contributed by atoms with van der Waals surface area (Å²) >= 11 is 6.14. The number of pyridine rings is 1. The monoisotopic (exact) mass is 337 g/mol. The average Bonchev–Trinajstić information content (AvgIpc) is 2.55. The summed E-state index contributed by atoms with van der Waals surface area (Å²) in [5, 5.41) is 0.366. The van der Waals surface area contributed by atoms with Gasteiger partial charge in [-0.05, 0) is 12.1 Å². The molecule has 0 amide bonds. The van der Waals surface area contributed by atoms with Gasteiger partial charge in [-0.1, -0.05) is 17.7 Å². The van der Waals surface area contributed by atoms with Crippen LogP contribution in [0.4, 0.5) is 17.3 Å². The van der Waals surface area contributed by atoms with E-state index in [1.807, 2.05) is 0 Å². The largest absolute Gasteiger partial charge is 0.486 e. The molecule has 2 rings (SSSR count). The molecule has 0 aliphatic heterocycles. The minimum absolute atomic E-state index is 0.123. The normalized spacial score (nSPS) is 10.2. The highest BCUT2D eigenvalue weighted by atomic mass is 35.5. The number of carbonyl (C=O) groups is 1. The molecule has 2 aromatic rings. The molecule has 122 valence electrons. The lowest BCUT2D eigenvalue weighted by Crippen LogP contribution is -2.13. The van der Waals surface area contributed by atoms with E-state index in [-0.39, 0.29) is 23.9 Å². The number of nitrogens with one attached hydrogen (secondary N) is 1. The number of hydrazine groups is 1. The number of anilines is 3. The van der Waals surface area contributed by atoms with Gasteiger partial charge < -0.3 is 26.4 Å². The van der Waals surface area contributed by atoms with Crippen LogP contribution in [-0.4, -0.2) is 18.1 Å². The summed E-state index contributed by atoms with van der Waals surface area (Å²) in [6.45, 7) is 0.123. The molecule has 1 aromatic heterocycles. The van der Waals surface area contributed by atoms with Crippen LogP contribution in [0, 0.1) is 0 Å². The van der Waals surface area contributed by atoms with Crippen molar-refractivity contribution in [3.8, 4) is 5.75 Å². The molecule has 0 saturated heterocycles. The third kappa shape index (κ3) is 3.74. The molecule has 0 spiro atoms. The van der Waals surface area contributed by atoms with Crippen LogP contribution in [0.1, 0.15) is 15.9 Å². The van der Waals surface area contributed by atoms with E-state index < -0.39 is 5.97 Å². The highest BCUT2D eigenvalue weighted by Crippen LogP contribution is 2.30. The molecule has 0 saturated carbocycles. The first kappa shape index (κ1) is 16.7. The summed E-state index contributed by atoms with van der Waals surface area (Å²) < 4.78 is 10.2. The number of halogens is 1. The van der Waals surface area contributed by atoms with E-state index in [4.69, 9.17) is 33.6 Å². The van der Waals surface area contributed by atoms with Crippen molar-refractivity contribution in [1.29, 1.82) is 0 Å². The van der Waals surface area contributed by atoms with Crippen molar-refractivity contribution in [3.05, 3.63) is 40.4 Å². The fourth-order valence-electron chi connectivity index (χ4n) is 1.84. The van der Waals surface area contributed by atoms with E-state index in [0.717, 1.165) is 0 Å². The van der Waals surface area contributed by atoms with Crippen molar-refractivity contribution in [2.24, 2.45) is 5.84 Å². The third-order valence-corrected chi connectivity index (χ3v) is 3.39. The van der Waals surface area contributed by atoms with Crippen molar-refractivity contribution in [2.45, 2.75) is 6.61 Å². The number of benzene rings is 1. The van der Waals surface area contributed by atoms with Crippen LogP contribution >= 0.6 is 11.6 Å². The molecule has 0 aliphatic rings. The number of esters is 1. The number of carbonyl (C=O) groups excluding carboxylic acids is 1. The van der Waals surface area contributed by atoms with Gasteiger partial charge in [0.2, 0.25) is 0 Å². The summed E-state index contributed by atoms with van der Waals surface area (Å²) in [5.74, 6) is 5.58. The van der Waals surface area contributed by atoms with Gasteiger partial charge in [0.05, 0.1) is 12.7 Å². The fourth-order valence-corrected chi connectivity index (χ4v) is 2.08. The molecule has 0 fully saturated rings. The minimum Gasteiger partial charge on any atom is -0.486 e. The molecule has 0 bridgehead atoms. The zero-order chi connectivity index (χ0) is 17.0. The van der Waals surface area contributed by atoms with E-state index in [9.17, 15) is 4.79 Å². The highest BCUT2D eigenvalue weighted by Gasteiger charge is 2.12. The zero-order valence-corrected chi connectivity index (χ0v) is 13.1. The second-order valence-corrected chi connectivity index (χ2v) is 4.95. The van der Waals surface area contributed by atoms with Gasteiger partial charge in [-0.3, -0.25) is 0 Å². The molecule has 7 N–H and O–H groups in total. The molecule has 0 aliphatic carbocycles. The van der Waals surface area contributed by atoms with Crippen molar-refractivity contribution in [3.63, 3.8) is 0 Å². The number of methoxy groups -OCH3 is 1. The Morgan fingerprint density at radius 1 is 1.35 bits per heavy atom. The number of nitrogens with zero attached hydrogens (tertiary/aromatic N) is 1. The summed E-state index contributed by atoms with van der Waals surface area (Å²) in [7, 11) is 1.30. The average molecular weight is 338 g/mol. The Kier molecular flexibility index (Phi) is 5.09. The Morgan fingerprint density at radius 3 is 2.70 bits per heavy atom. The number of nitrogens with two attached hydrogens (primary N) is 3. The molecule has 1 heterocycles. The number of rotatable bonds is 5. The SMILES string of the molecule is COC(=O)c1ccc(COc2cc(N)nc(NN)c2N)c(Cl)c1. The van der Waals surface area contributed by atoms with Gasteiger partial charge in [-0.2, -0.15) is 0 Å². The van der Waals surface area contributed by atoms with Crippen molar-refractivity contribution < 1.29 is 14.3 Å². The molecule has 0 radical (unpaired) electrons. The van der Waals surface area contributed by atoms with E-state index in [2.05, 4.69) is 15.1 Å². The Balaban J connectivity index is 2.18. The lowest BCUT2D eigenvalue weighted by Gasteiger charge is -2.13. The lowest BCUT2D eigenvalue weighted by atomic mass is 10.1. The van der Waals surface area contributed by atoms with E-state index in [0.29, 0.717) is 21.9 Å². The van der Waals surface area contributed by atoms with Gasteiger partial charge in [-0.25, -0.2) is 15.6 Å². The molecule has 0 atom stereocenters. The third-order valence-electron chi connectivity index (χ3n) is 3.03. The van der Waals surface area contributed by atoms with E-state index in [1.165, 1.54) is 19.2 Å². The summed E-state index contributed by atoms with van der Waals surface area (Å²) in [4.78, 5) is 15.4. The number of nitrogen functional groups attached to an aromatic ring is 3. The van der Waals surface area contributed by atoms with Gasteiger partial charge in [0, 0.05) is 16.7 Å². The summed E-state index contributed by atoms with van der Waals surface area (Å²) in [6.07, 6.45) is 0. The van der Waals surface area contributed by atoms with E-state index >= 15 is 0 Å². The smallest absolute Gasteiger partial charge is 0.337 e. The predicted molar refractivity (Wildman–Crippen MR) is 88.0 cm³/mol. The number of hydrogen-bond donors (Lipinski definition) is 4. The number of aromatic nitrogens is 1. The predicted octanol–water partition coefficient (Wildman–Crippen LogP) is 1.55. The van der Waals surface area contributed by atoms with Crippen LogP contribution in [0.25, 0.3) is 0 Å². The quantitative estimate of drug-likeness (QED) is 0.366. The van der Waals surface area contributed by atoms with Crippen molar-refractivity contribution >= 4 is 34.9 Å². The second kappa shape index (κ2) is 7.03. The first-order valence-corrected chi connectivity index (χ1v) is 6.86. The molecule has 9 heteroatoms. The van der Waals surface area contributed by atoms with Gasteiger partial charge in [-0.15, -0.1) is 0 Å². The summed E-state index contributed by atoms with van der Waals surface area (Å²) in [6, 6.07) is 6.24. The maximum Gasteiger partial charge on any atom is 0.337 e. The Morgan fingerprint density at radius 2 is 2.09 bits per heavy atom. The van der Waals surface area contributed by atoms with Gasteiger partial charge in [0.15, 0.2) is 5.82 Å². The van der Waals surface area contributed by atoms with E-state index in [1.54, 1.807) is 12.1 Å². The Bertz CT molecular complexity index is 739. The molecule has 1 aromatic carbocycles. The Hall–Kier alpha value is -2.71. The van der Waals surface area contributed by atoms with Crippen LogP contribution in [0.15, 0.2) is 24.3 Å². The van der Waals surface area contributed by atoms with Gasteiger partial charge in [0.25, 0.3) is 0 Å². The Labute approximate surface area is 137 Å². The minimum atomic E-state index is -0.468. The van der Waals surface area contributed by atoms with Crippen LogP contribution in [-0.2, 0) is 11.3 Å². The van der Waals surface area contributed by atoms with Crippen LogP contribution in [0.3, 0.4) is 0 Å². The van der Waals surface area contributed by atoms with Gasteiger partial charge in [0.1, 0.15) is 23.9 Å². The maximum absolute atomic E-state index is 11.4. The van der Waals surface area contributed by atoms with Crippen LogP contribution in [0.5, 0.6) is 5.75 Å². The first-order chi connectivity index (χ1) is 11.0. The molecular formula is C14H16ClN5O3. The summed E-state index contributed by atoms with van der Waals surface area (Å²) in [5.41, 5.74) is 15.1. The van der Waals surface area contributed by atoms with Crippen LogP contribution < -0.4 is 27.5 Å². The van der Waals surface area contributed by atoms with Crippen molar-refractivity contribution in [1.82, 2.24) is 4.98 Å². The fraction of sp³-hybridized carbons (Fsp3) is 0.143. The lowest BCUT2D eigenvalue weighted by molar-refractivity contribution is 0.0600. The zero-order valence-electron chi connectivity index (χ0n) is 12.3. The maximum atomic E-state index is 11.4. The standard InChI is InChI=1S/C14H16ClN5O3/c1-22-14(21)7-2-3-8(9(15)4-7)6-23-10-5-11(16)19-13(20-18)12(10)17/h2-5H,6,17-18H2,1H3,(H3,16,19,20). The molecule has 8 nitrogen and oxygen atoms in total. The molecule has 23 heavy (non-hydrogen) atoms. The van der Waals surface area contributed by atoms with Crippen molar-refractivity contribution in [2.75, 3.05) is 24.0 Å². The first-order valence-electron chi connectivity index (χ1n) is 6.48. The number of hydrogen-bond acceptors (Lipinski definition) is 8. The van der Waals surface area contributed by atoms with Crippen LogP contribution in [0.2, 0.25) is 5.02 Å². The topological polar surface area (TPSA) is 139 Å². The molecular weight excluding hydrogens is 322 g/mol. The molecule has 0 unspecified atom stereocenters. The van der Waals surface area contributed by atoms with Gasteiger partial charge >= 0.3 is 5.97 Å².